The zero-order chi connectivity index (χ0) is 22.7. The Balaban J connectivity index is 1.93. The molecule has 0 amide bonds. The Labute approximate surface area is 187 Å². The monoisotopic (exact) mass is 456 g/mol. The topological polar surface area (TPSA) is 27.7 Å². The predicted octanol–water partition coefficient (Wildman–Crippen LogP) is 7.02. The fraction of sp³-hybridized carbons (Fsp3) is 0.500. The quantitative estimate of drug-likeness (QED) is 0.239. The number of halogens is 3. The summed E-state index contributed by atoms with van der Waals surface area (Å²) in [5.41, 5.74) is 0.426. The van der Waals surface area contributed by atoms with Crippen LogP contribution in [-0.2, 0) is 10.9 Å². The molecular weight excluding hydrogens is 425 g/mol. The van der Waals surface area contributed by atoms with Crippen molar-refractivity contribution in [2.75, 3.05) is 32.2 Å². The van der Waals surface area contributed by atoms with Crippen LogP contribution in [-0.4, -0.2) is 32.2 Å². The Morgan fingerprint density at radius 1 is 0.968 bits per heavy atom. The van der Waals surface area contributed by atoms with E-state index >= 15 is 0 Å². The smallest absolute Gasteiger partial charge is 0.416 e. The first kappa shape index (κ1) is 25.4. The van der Waals surface area contributed by atoms with Crippen LogP contribution < -0.4 is 9.47 Å². The SMILES string of the molecule is CCCOc1ccc(SCC(CCOCC)COc2ccc(C(F)(F)F)cc2)cc1C. The van der Waals surface area contributed by atoms with Gasteiger partial charge in [-0.05, 0) is 74.7 Å². The first-order chi connectivity index (χ1) is 14.8. The maximum atomic E-state index is 12.7. The summed E-state index contributed by atoms with van der Waals surface area (Å²) < 4.78 is 55.2. The van der Waals surface area contributed by atoms with E-state index in [9.17, 15) is 13.2 Å². The summed E-state index contributed by atoms with van der Waals surface area (Å²) in [6.45, 7) is 8.46. The molecule has 0 heterocycles. The Morgan fingerprint density at radius 3 is 2.32 bits per heavy atom. The van der Waals surface area contributed by atoms with Crippen molar-refractivity contribution in [3.8, 4) is 11.5 Å². The molecule has 0 aliphatic heterocycles. The van der Waals surface area contributed by atoms with E-state index in [2.05, 4.69) is 19.1 Å². The summed E-state index contributed by atoms with van der Waals surface area (Å²) in [4.78, 5) is 1.15. The fourth-order valence-electron chi connectivity index (χ4n) is 2.86. The van der Waals surface area contributed by atoms with Gasteiger partial charge in [0.2, 0.25) is 0 Å². The van der Waals surface area contributed by atoms with Gasteiger partial charge in [0.1, 0.15) is 11.5 Å². The maximum absolute atomic E-state index is 12.7. The molecule has 0 aromatic heterocycles. The van der Waals surface area contributed by atoms with Crippen molar-refractivity contribution in [2.45, 2.75) is 44.7 Å². The normalized spacial score (nSPS) is 12.6. The molecule has 2 aromatic carbocycles. The van der Waals surface area contributed by atoms with Crippen LogP contribution in [0.1, 0.15) is 37.8 Å². The Morgan fingerprint density at radius 2 is 1.71 bits per heavy atom. The molecule has 0 bridgehead atoms. The first-order valence-electron chi connectivity index (χ1n) is 10.6. The second-order valence-electron chi connectivity index (χ2n) is 7.27. The number of aryl methyl sites for hydroxylation is 1. The lowest BCUT2D eigenvalue weighted by atomic mass is 10.1. The van der Waals surface area contributed by atoms with Gasteiger partial charge >= 0.3 is 6.18 Å². The average Bonchev–Trinajstić information content (AvgIpc) is 2.74. The summed E-state index contributed by atoms with van der Waals surface area (Å²) in [7, 11) is 0. The fourth-order valence-corrected chi connectivity index (χ4v) is 3.98. The molecule has 1 unspecified atom stereocenters. The molecule has 0 spiro atoms. The standard InChI is InChI=1S/C24H31F3O3S/c1-4-13-29-23-11-10-22(15-18(23)3)31-17-19(12-14-28-5-2)16-30-21-8-6-20(7-9-21)24(25,26)27/h6-11,15,19H,4-5,12-14,16-17H2,1-3H3. The third kappa shape index (κ3) is 9.03. The number of thioether (sulfide) groups is 1. The molecule has 1 atom stereocenters. The molecule has 3 nitrogen and oxygen atoms in total. The highest BCUT2D eigenvalue weighted by molar-refractivity contribution is 7.99. The van der Waals surface area contributed by atoms with Crippen LogP contribution in [0.3, 0.4) is 0 Å². The minimum Gasteiger partial charge on any atom is -0.493 e. The van der Waals surface area contributed by atoms with Crippen molar-refractivity contribution in [3.05, 3.63) is 53.6 Å². The highest BCUT2D eigenvalue weighted by Gasteiger charge is 2.30. The molecule has 0 saturated carbocycles. The van der Waals surface area contributed by atoms with Gasteiger partial charge in [0.15, 0.2) is 0 Å². The highest BCUT2D eigenvalue weighted by atomic mass is 32.2. The van der Waals surface area contributed by atoms with Crippen LogP contribution in [0.25, 0.3) is 0 Å². The van der Waals surface area contributed by atoms with Crippen molar-refractivity contribution >= 4 is 11.8 Å². The van der Waals surface area contributed by atoms with Crippen molar-refractivity contribution in [1.29, 1.82) is 0 Å². The van der Waals surface area contributed by atoms with E-state index in [1.165, 1.54) is 12.1 Å². The van der Waals surface area contributed by atoms with Gasteiger partial charge in [0, 0.05) is 29.8 Å². The average molecular weight is 457 g/mol. The molecule has 2 aromatic rings. The van der Waals surface area contributed by atoms with Gasteiger partial charge in [-0.15, -0.1) is 11.8 Å². The van der Waals surface area contributed by atoms with Gasteiger partial charge in [0.05, 0.1) is 18.8 Å². The molecule has 31 heavy (non-hydrogen) atoms. The van der Waals surface area contributed by atoms with Crippen molar-refractivity contribution < 1.29 is 27.4 Å². The number of hydrogen-bond donors (Lipinski definition) is 0. The van der Waals surface area contributed by atoms with Gasteiger partial charge < -0.3 is 14.2 Å². The minimum atomic E-state index is -4.34. The third-order valence-electron chi connectivity index (χ3n) is 4.64. The van der Waals surface area contributed by atoms with Gasteiger partial charge in [-0.25, -0.2) is 0 Å². The Bertz CT molecular complexity index is 779. The molecule has 0 saturated heterocycles. The van der Waals surface area contributed by atoms with Crippen LogP contribution in [0.2, 0.25) is 0 Å². The van der Waals surface area contributed by atoms with Crippen LogP contribution >= 0.6 is 11.8 Å². The molecular formula is C24H31F3O3S. The van der Waals surface area contributed by atoms with E-state index in [1.807, 2.05) is 19.9 Å². The number of rotatable bonds is 13. The molecule has 0 radical (unpaired) electrons. The molecule has 7 heteroatoms. The van der Waals surface area contributed by atoms with Crippen LogP contribution in [0.5, 0.6) is 11.5 Å². The summed E-state index contributed by atoms with van der Waals surface area (Å²) in [5.74, 6) is 2.37. The number of ether oxygens (including phenoxy) is 3. The summed E-state index contributed by atoms with van der Waals surface area (Å²) >= 11 is 1.73. The molecule has 0 fully saturated rings. The van der Waals surface area contributed by atoms with Gasteiger partial charge in [-0.3, -0.25) is 0 Å². The minimum absolute atomic E-state index is 0.204. The summed E-state index contributed by atoms with van der Waals surface area (Å²) in [6, 6.07) is 11.0. The predicted molar refractivity (Wildman–Crippen MR) is 119 cm³/mol. The van der Waals surface area contributed by atoms with E-state index in [-0.39, 0.29) is 5.92 Å². The summed E-state index contributed by atoms with van der Waals surface area (Å²) in [5, 5.41) is 0. The molecule has 172 valence electrons. The van der Waals surface area contributed by atoms with Crippen molar-refractivity contribution in [1.82, 2.24) is 0 Å². The zero-order valence-electron chi connectivity index (χ0n) is 18.3. The second kappa shape index (κ2) is 12.9. The largest absolute Gasteiger partial charge is 0.493 e. The Kier molecular flexibility index (Phi) is 10.5. The lowest BCUT2D eigenvalue weighted by molar-refractivity contribution is -0.137. The third-order valence-corrected chi connectivity index (χ3v) is 5.86. The maximum Gasteiger partial charge on any atom is 0.416 e. The van der Waals surface area contributed by atoms with Gasteiger partial charge in [-0.1, -0.05) is 6.92 Å². The number of benzene rings is 2. The first-order valence-corrected chi connectivity index (χ1v) is 11.6. The number of hydrogen-bond acceptors (Lipinski definition) is 4. The van der Waals surface area contributed by atoms with Crippen molar-refractivity contribution in [2.24, 2.45) is 5.92 Å². The summed E-state index contributed by atoms with van der Waals surface area (Å²) in [6.07, 6.45) is -2.56. The van der Waals surface area contributed by atoms with Crippen LogP contribution in [0.15, 0.2) is 47.4 Å². The van der Waals surface area contributed by atoms with Gasteiger partial charge in [0.25, 0.3) is 0 Å². The number of alkyl halides is 3. The lowest BCUT2D eigenvalue weighted by Crippen LogP contribution is -2.17. The van der Waals surface area contributed by atoms with E-state index < -0.39 is 11.7 Å². The van der Waals surface area contributed by atoms with E-state index in [1.54, 1.807) is 11.8 Å². The van der Waals surface area contributed by atoms with Crippen molar-refractivity contribution in [3.63, 3.8) is 0 Å². The molecule has 2 rings (SSSR count). The van der Waals surface area contributed by atoms with E-state index in [0.29, 0.717) is 32.2 Å². The van der Waals surface area contributed by atoms with Crippen LogP contribution in [0, 0.1) is 12.8 Å². The van der Waals surface area contributed by atoms with Crippen LogP contribution in [0.4, 0.5) is 13.2 Å². The second-order valence-corrected chi connectivity index (χ2v) is 8.36. The van der Waals surface area contributed by atoms with E-state index in [4.69, 9.17) is 14.2 Å². The molecule has 0 aliphatic rings. The zero-order valence-corrected chi connectivity index (χ0v) is 19.2. The molecule has 0 N–H and O–H groups in total. The van der Waals surface area contributed by atoms with Gasteiger partial charge in [-0.2, -0.15) is 13.2 Å². The highest BCUT2D eigenvalue weighted by Crippen LogP contribution is 2.31. The molecule has 0 aliphatic carbocycles. The lowest BCUT2D eigenvalue weighted by Gasteiger charge is -2.18. The Hall–Kier alpha value is -1.86. The van der Waals surface area contributed by atoms with E-state index in [0.717, 1.165) is 46.9 Å².